The predicted octanol–water partition coefficient (Wildman–Crippen LogP) is 2.69. The smallest absolute Gasteiger partial charge is 0.261 e. The molecule has 0 atom stereocenters. The Balaban J connectivity index is 1.47. The lowest BCUT2D eigenvalue weighted by molar-refractivity contribution is 0.0608. The molecule has 0 radical (unpaired) electrons. The molecule has 8 heteroatoms. The molecule has 0 unspecified atom stereocenters. The Morgan fingerprint density at radius 2 is 1.42 bits per heavy atom. The van der Waals surface area contributed by atoms with Crippen molar-refractivity contribution in [3.05, 3.63) is 64.7 Å². The number of rotatable bonds is 4. The first kappa shape index (κ1) is 22.5. The average Bonchev–Trinajstić information content (AvgIpc) is 2.97. The number of carbonyl (C=O) groups is 4. The van der Waals surface area contributed by atoms with E-state index in [0.29, 0.717) is 55.0 Å². The Labute approximate surface area is 192 Å². The number of carbonyl (C=O) groups excluding carboxylic acids is 4. The molecule has 4 rings (SSSR count). The first-order valence-corrected chi connectivity index (χ1v) is 11.1. The van der Waals surface area contributed by atoms with E-state index in [1.165, 1.54) is 11.0 Å². The zero-order valence-corrected chi connectivity index (χ0v) is 19.0. The summed E-state index contributed by atoms with van der Waals surface area (Å²) in [6.45, 7) is 5.40. The molecule has 2 aromatic rings. The van der Waals surface area contributed by atoms with Crippen LogP contribution in [0.2, 0.25) is 0 Å². The predicted molar refractivity (Wildman–Crippen MR) is 121 cm³/mol. The lowest BCUT2D eigenvalue weighted by atomic mass is 10.0. The van der Waals surface area contributed by atoms with Gasteiger partial charge in [0.05, 0.1) is 18.2 Å². The maximum atomic E-state index is 13.2. The topological polar surface area (TPSA) is 87.2 Å². The minimum atomic E-state index is -0.370. The molecule has 172 valence electrons. The van der Waals surface area contributed by atoms with Gasteiger partial charge in [0.2, 0.25) is 0 Å². The molecule has 0 N–H and O–H groups in total. The standard InChI is InChI=1S/C25H27N3O5/c1-16(2)28-24(31)20-9-8-18(15-21(20)25(28)32)23(30)27-11-5-10-26(12-13-27)22(29)17-6-4-7-19(14-17)33-3/h4,6-9,14-16H,5,10-13H2,1-3H3. The molecule has 2 heterocycles. The van der Waals surface area contributed by atoms with Gasteiger partial charge in [0.25, 0.3) is 23.6 Å². The van der Waals surface area contributed by atoms with Crippen molar-refractivity contribution in [3.8, 4) is 5.75 Å². The van der Waals surface area contributed by atoms with E-state index >= 15 is 0 Å². The van der Waals surface area contributed by atoms with E-state index in [1.54, 1.807) is 67.2 Å². The number of hydrogen-bond donors (Lipinski definition) is 0. The third-order valence-corrected chi connectivity index (χ3v) is 6.07. The number of benzene rings is 2. The molecule has 4 amide bonds. The van der Waals surface area contributed by atoms with E-state index in [4.69, 9.17) is 4.74 Å². The number of fused-ring (bicyclic) bond motifs is 1. The number of nitrogens with zero attached hydrogens (tertiary/aromatic N) is 3. The monoisotopic (exact) mass is 449 g/mol. The second-order valence-corrected chi connectivity index (χ2v) is 8.50. The van der Waals surface area contributed by atoms with Crippen molar-refractivity contribution in [2.45, 2.75) is 26.3 Å². The number of amides is 4. The SMILES string of the molecule is COc1cccc(C(=O)N2CCCN(C(=O)c3ccc4c(c3)C(=O)N(C(C)C)C4=O)CC2)c1. The van der Waals surface area contributed by atoms with Crippen LogP contribution in [0.25, 0.3) is 0 Å². The zero-order chi connectivity index (χ0) is 23.7. The molecule has 1 fully saturated rings. The zero-order valence-electron chi connectivity index (χ0n) is 19.0. The molecular weight excluding hydrogens is 422 g/mol. The van der Waals surface area contributed by atoms with Crippen LogP contribution in [0.4, 0.5) is 0 Å². The summed E-state index contributed by atoms with van der Waals surface area (Å²) in [4.78, 5) is 56.0. The van der Waals surface area contributed by atoms with Crippen molar-refractivity contribution in [2.24, 2.45) is 0 Å². The fourth-order valence-electron chi connectivity index (χ4n) is 4.31. The van der Waals surface area contributed by atoms with Crippen LogP contribution in [-0.4, -0.2) is 77.7 Å². The summed E-state index contributed by atoms with van der Waals surface area (Å²) in [5, 5.41) is 0. The van der Waals surface area contributed by atoms with Crippen LogP contribution in [-0.2, 0) is 0 Å². The van der Waals surface area contributed by atoms with Gasteiger partial charge in [0.1, 0.15) is 5.75 Å². The molecule has 0 aromatic heterocycles. The van der Waals surface area contributed by atoms with Gasteiger partial charge in [-0.2, -0.15) is 0 Å². The lowest BCUT2D eigenvalue weighted by Crippen LogP contribution is -2.37. The van der Waals surface area contributed by atoms with Gasteiger partial charge in [-0.3, -0.25) is 24.1 Å². The molecule has 1 saturated heterocycles. The van der Waals surface area contributed by atoms with Crippen LogP contribution in [0.1, 0.15) is 61.7 Å². The molecule has 0 bridgehead atoms. The molecule has 2 aromatic carbocycles. The molecular formula is C25H27N3O5. The van der Waals surface area contributed by atoms with E-state index < -0.39 is 0 Å². The number of imide groups is 1. The summed E-state index contributed by atoms with van der Waals surface area (Å²) in [6.07, 6.45) is 0.644. The second-order valence-electron chi connectivity index (χ2n) is 8.50. The van der Waals surface area contributed by atoms with Crippen molar-refractivity contribution in [2.75, 3.05) is 33.3 Å². The minimum absolute atomic E-state index is 0.0985. The first-order valence-electron chi connectivity index (χ1n) is 11.1. The Morgan fingerprint density at radius 1 is 0.818 bits per heavy atom. The van der Waals surface area contributed by atoms with Crippen LogP contribution < -0.4 is 4.74 Å². The van der Waals surface area contributed by atoms with Crippen LogP contribution in [0.3, 0.4) is 0 Å². The summed E-state index contributed by atoms with van der Waals surface area (Å²) in [6, 6.07) is 11.4. The number of methoxy groups -OCH3 is 1. The largest absolute Gasteiger partial charge is 0.497 e. The Kier molecular flexibility index (Phi) is 6.18. The van der Waals surface area contributed by atoms with Crippen molar-refractivity contribution in [3.63, 3.8) is 0 Å². The van der Waals surface area contributed by atoms with Gasteiger partial charge in [0.15, 0.2) is 0 Å². The van der Waals surface area contributed by atoms with Crippen molar-refractivity contribution < 1.29 is 23.9 Å². The van der Waals surface area contributed by atoms with Crippen LogP contribution in [0.5, 0.6) is 5.75 Å². The lowest BCUT2D eigenvalue weighted by Gasteiger charge is -2.22. The van der Waals surface area contributed by atoms with E-state index in [9.17, 15) is 19.2 Å². The third kappa shape index (κ3) is 4.20. The third-order valence-electron chi connectivity index (χ3n) is 6.07. The molecule has 2 aliphatic heterocycles. The highest BCUT2D eigenvalue weighted by atomic mass is 16.5. The Hall–Kier alpha value is -3.68. The van der Waals surface area contributed by atoms with Gasteiger partial charge < -0.3 is 14.5 Å². The maximum absolute atomic E-state index is 13.2. The maximum Gasteiger partial charge on any atom is 0.261 e. The van der Waals surface area contributed by atoms with E-state index in [0.717, 1.165) is 0 Å². The van der Waals surface area contributed by atoms with Gasteiger partial charge in [0, 0.05) is 43.3 Å². The number of hydrogen-bond acceptors (Lipinski definition) is 5. The highest BCUT2D eigenvalue weighted by Gasteiger charge is 2.37. The fourth-order valence-corrected chi connectivity index (χ4v) is 4.31. The highest BCUT2D eigenvalue weighted by molar-refractivity contribution is 6.22. The summed E-state index contributed by atoms with van der Waals surface area (Å²) >= 11 is 0. The van der Waals surface area contributed by atoms with E-state index in [1.807, 2.05) is 0 Å². The summed E-state index contributed by atoms with van der Waals surface area (Å²) in [5.74, 6) is -0.389. The highest BCUT2D eigenvalue weighted by Crippen LogP contribution is 2.26. The van der Waals surface area contributed by atoms with Crippen molar-refractivity contribution in [1.29, 1.82) is 0 Å². The Morgan fingerprint density at radius 3 is 2.03 bits per heavy atom. The number of ether oxygens (including phenoxy) is 1. The van der Waals surface area contributed by atoms with Crippen LogP contribution in [0.15, 0.2) is 42.5 Å². The Bertz CT molecular complexity index is 1130. The normalized spacial score (nSPS) is 16.2. The quantitative estimate of drug-likeness (QED) is 0.670. The van der Waals surface area contributed by atoms with Crippen molar-refractivity contribution >= 4 is 23.6 Å². The second kappa shape index (κ2) is 9.05. The van der Waals surface area contributed by atoms with E-state index in [2.05, 4.69) is 0 Å². The molecule has 0 saturated carbocycles. The summed E-state index contributed by atoms with van der Waals surface area (Å²) < 4.78 is 5.21. The average molecular weight is 450 g/mol. The molecule has 2 aliphatic rings. The van der Waals surface area contributed by atoms with Gasteiger partial charge in [-0.25, -0.2) is 0 Å². The van der Waals surface area contributed by atoms with E-state index in [-0.39, 0.29) is 35.2 Å². The van der Waals surface area contributed by atoms with Gasteiger partial charge in [-0.15, -0.1) is 0 Å². The van der Waals surface area contributed by atoms with Gasteiger partial charge >= 0.3 is 0 Å². The van der Waals surface area contributed by atoms with Crippen LogP contribution >= 0.6 is 0 Å². The van der Waals surface area contributed by atoms with Gasteiger partial charge in [-0.1, -0.05) is 6.07 Å². The molecule has 0 aliphatic carbocycles. The summed E-state index contributed by atoms with van der Waals surface area (Å²) in [5.41, 5.74) is 1.51. The van der Waals surface area contributed by atoms with Gasteiger partial charge in [-0.05, 0) is 56.7 Å². The molecule has 8 nitrogen and oxygen atoms in total. The van der Waals surface area contributed by atoms with Crippen molar-refractivity contribution in [1.82, 2.24) is 14.7 Å². The molecule has 0 spiro atoms. The summed E-state index contributed by atoms with van der Waals surface area (Å²) in [7, 11) is 1.56. The fraction of sp³-hybridized carbons (Fsp3) is 0.360. The molecule has 33 heavy (non-hydrogen) atoms. The first-order chi connectivity index (χ1) is 15.8. The minimum Gasteiger partial charge on any atom is -0.497 e. The van der Waals surface area contributed by atoms with Crippen LogP contribution in [0, 0.1) is 0 Å².